The number of carbonyl (C=O) groups excluding carboxylic acids is 2. The number of nitrogens with zero attached hydrogens (tertiary/aromatic N) is 1. The van der Waals surface area contributed by atoms with Crippen LogP contribution < -0.4 is 14.2 Å². The zero-order chi connectivity index (χ0) is 29.1. The van der Waals surface area contributed by atoms with E-state index < -0.39 is 17.9 Å². The normalized spacial score (nSPS) is 16.7. The number of carboxylic acid groups (broad SMARTS) is 1. The number of hydrogen-bond donors (Lipinski definition) is 1. The number of hydrogen-bond acceptors (Lipinski definition) is 7. The van der Waals surface area contributed by atoms with Crippen LogP contribution in [0.1, 0.15) is 49.9 Å². The maximum atomic E-state index is 13.5. The molecule has 2 aliphatic heterocycles. The molecule has 2 aliphatic rings. The van der Waals surface area contributed by atoms with E-state index in [-0.39, 0.29) is 23.5 Å². The molecule has 9 heteroatoms. The van der Waals surface area contributed by atoms with Gasteiger partial charge in [0.25, 0.3) is 0 Å². The molecule has 5 aromatic rings. The number of carbonyl (C=O) groups is 3. The molecule has 2 aromatic heterocycles. The topological polar surface area (TPSA) is 117 Å². The van der Waals surface area contributed by atoms with Crippen LogP contribution in [0.5, 0.6) is 17.2 Å². The van der Waals surface area contributed by atoms with Crippen LogP contribution in [0, 0.1) is 0 Å². The molecule has 4 heterocycles. The number of rotatable bonds is 5. The van der Waals surface area contributed by atoms with Gasteiger partial charge >= 0.3 is 11.9 Å². The fraction of sp³-hybridized carbons (Fsp3) is 0.121. The Balaban J connectivity index is 1.27. The highest BCUT2D eigenvalue weighted by atomic mass is 16.5. The summed E-state index contributed by atoms with van der Waals surface area (Å²) in [5.74, 6) is 0.224. The highest BCUT2D eigenvalue weighted by molar-refractivity contribution is 6.15. The van der Waals surface area contributed by atoms with E-state index in [1.54, 1.807) is 49.6 Å². The van der Waals surface area contributed by atoms with Crippen molar-refractivity contribution >= 4 is 34.7 Å². The van der Waals surface area contributed by atoms with E-state index >= 15 is 0 Å². The second-order valence-electron chi connectivity index (χ2n) is 10.2. The number of allylic oxidation sites excluding steroid dienone is 1. The van der Waals surface area contributed by atoms with Crippen LogP contribution in [0.15, 0.2) is 83.1 Å². The minimum Gasteiger partial charge on any atom is -0.497 e. The van der Waals surface area contributed by atoms with Gasteiger partial charge in [0.1, 0.15) is 28.8 Å². The Bertz CT molecular complexity index is 1980. The zero-order valence-corrected chi connectivity index (χ0v) is 22.5. The molecule has 0 spiro atoms. The number of Topliss-reactive ketones (excluding diaryl/α,β-unsaturated/α-hetero) is 1. The molecule has 0 aliphatic carbocycles. The maximum Gasteiger partial charge on any atom is 0.335 e. The zero-order valence-electron chi connectivity index (χ0n) is 22.5. The number of esters is 1. The molecule has 9 nitrogen and oxygen atoms in total. The average Bonchev–Trinajstić information content (AvgIpc) is 3.69. The first-order valence-electron chi connectivity index (χ1n) is 13.2. The Morgan fingerprint density at radius 3 is 2.60 bits per heavy atom. The molecule has 1 unspecified atom stereocenters. The van der Waals surface area contributed by atoms with Crippen molar-refractivity contribution < 1.29 is 38.1 Å². The Kier molecular flexibility index (Phi) is 5.76. The highest BCUT2D eigenvalue weighted by Gasteiger charge is 2.39. The van der Waals surface area contributed by atoms with E-state index in [9.17, 15) is 19.5 Å². The van der Waals surface area contributed by atoms with Crippen LogP contribution in [-0.2, 0) is 11.8 Å². The van der Waals surface area contributed by atoms with Crippen molar-refractivity contribution in [1.82, 2.24) is 4.57 Å². The largest absolute Gasteiger partial charge is 0.497 e. The van der Waals surface area contributed by atoms with Crippen molar-refractivity contribution in [2.75, 3.05) is 7.11 Å². The van der Waals surface area contributed by atoms with Gasteiger partial charge in [-0.05, 0) is 60.7 Å². The van der Waals surface area contributed by atoms with Gasteiger partial charge in [-0.2, -0.15) is 0 Å². The predicted octanol–water partition coefficient (Wildman–Crippen LogP) is 6.20. The minimum atomic E-state index is -1.02. The molecular weight excluding hydrogens is 538 g/mol. The summed E-state index contributed by atoms with van der Waals surface area (Å²) in [5.41, 5.74) is 3.55. The van der Waals surface area contributed by atoms with E-state index in [2.05, 4.69) is 0 Å². The van der Waals surface area contributed by atoms with Gasteiger partial charge in [0.05, 0.1) is 30.6 Å². The number of aromatic nitrogens is 1. The van der Waals surface area contributed by atoms with E-state index in [0.29, 0.717) is 45.5 Å². The van der Waals surface area contributed by atoms with Crippen molar-refractivity contribution in [3.05, 3.63) is 107 Å². The summed E-state index contributed by atoms with van der Waals surface area (Å²) >= 11 is 0. The molecule has 0 amide bonds. The van der Waals surface area contributed by atoms with Gasteiger partial charge < -0.3 is 28.3 Å². The van der Waals surface area contributed by atoms with Gasteiger partial charge in [0.15, 0.2) is 5.76 Å². The lowest BCUT2D eigenvalue weighted by atomic mass is 9.88. The van der Waals surface area contributed by atoms with Gasteiger partial charge in [0, 0.05) is 40.8 Å². The lowest BCUT2D eigenvalue weighted by Crippen LogP contribution is -2.21. The number of aromatic carboxylic acids is 1. The van der Waals surface area contributed by atoms with Gasteiger partial charge in [-0.15, -0.1) is 0 Å². The molecule has 42 heavy (non-hydrogen) atoms. The molecule has 0 fully saturated rings. The van der Waals surface area contributed by atoms with E-state index in [1.165, 1.54) is 12.1 Å². The van der Waals surface area contributed by atoms with E-state index in [0.717, 1.165) is 16.5 Å². The highest BCUT2D eigenvalue weighted by Crippen LogP contribution is 2.49. The molecule has 7 rings (SSSR count). The fourth-order valence-electron chi connectivity index (χ4n) is 5.61. The number of ether oxygens (including phenoxy) is 3. The second kappa shape index (κ2) is 9.52. The van der Waals surface area contributed by atoms with E-state index in [4.69, 9.17) is 18.6 Å². The summed E-state index contributed by atoms with van der Waals surface area (Å²) in [6.45, 7) is 0. The van der Waals surface area contributed by atoms with Crippen molar-refractivity contribution in [1.29, 1.82) is 0 Å². The third kappa shape index (κ3) is 4.05. The third-order valence-electron chi connectivity index (χ3n) is 7.68. The van der Waals surface area contributed by atoms with Gasteiger partial charge in [-0.1, -0.05) is 12.1 Å². The summed E-state index contributed by atoms with van der Waals surface area (Å²) in [7, 11) is 3.53. The van der Waals surface area contributed by atoms with Crippen LogP contribution in [0.25, 0.3) is 28.3 Å². The number of carboxylic acids is 1. The van der Waals surface area contributed by atoms with Gasteiger partial charge in [0.2, 0.25) is 5.78 Å². The van der Waals surface area contributed by atoms with Crippen molar-refractivity contribution in [3.63, 3.8) is 0 Å². The summed E-state index contributed by atoms with van der Waals surface area (Å²) in [6, 6.07) is 18.8. The molecule has 0 saturated carbocycles. The smallest absolute Gasteiger partial charge is 0.335 e. The Hall–Kier alpha value is -5.57. The molecule has 1 N–H and O–H groups in total. The second-order valence-corrected chi connectivity index (χ2v) is 10.2. The molecule has 0 saturated heterocycles. The quantitative estimate of drug-likeness (QED) is 0.153. The predicted molar refractivity (Wildman–Crippen MR) is 152 cm³/mol. The average molecular weight is 562 g/mol. The van der Waals surface area contributed by atoms with Crippen LogP contribution in [-0.4, -0.2) is 34.5 Å². The van der Waals surface area contributed by atoms with Crippen molar-refractivity contribution in [2.45, 2.75) is 12.3 Å². The maximum absolute atomic E-state index is 13.5. The molecule has 0 bridgehead atoms. The molecular formula is C33H23NO8. The number of ketones is 1. The number of furan rings is 1. The Labute approximate surface area is 239 Å². The number of benzene rings is 3. The fourth-order valence-corrected chi connectivity index (χ4v) is 5.61. The van der Waals surface area contributed by atoms with Crippen molar-refractivity contribution in [3.8, 4) is 28.6 Å². The molecule has 0 radical (unpaired) electrons. The first-order valence-corrected chi connectivity index (χ1v) is 13.2. The van der Waals surface area contributed by atoms with Crippen LogP contribution in [0.4, 0.5) is 0 Å². The summed E-state index contributed by atoms with van der Waals surface area (Å²) in [6.07, 6.45) is 3.63. The molecule has 1 atom stereocenters. The molecule has 208 valence electrons. The summed E-state index contributed by atoms with van der Waals surface area (Å²) < 4.78 is 25.3. The third-order valence-corrected chi connectivity index (χ3v) is 7.68. The standard InChI is InChI=1S/C33H23NO8/c1-34-16-19(22-14-20(39-2)7-9-24(22)34)13-28-31(36)21-8-10-27-30(32(21)42-28)23(15-29(35)41-27)26-12-11-25(40-26)17-3-5-18(6-4-17)33(37)38/h3-14,16,23H,15H2,1-2H3,(H,37,38). The van der Waals surface area contributed by atoms with Gasteiger partial charge in [-0.25, -0.2) is 4.79 Å². The number of methoxy groups -OCH3 is 1. The monoisotopic (exact) mass is 561 g/mol. The molecule has 3 aromatic carbocycles. The first-order chi connectivity index (χ1) is 20.3. The number of aryl methyl sites for hydroxylation is 1. The lowest BCUT2D eigenvalue weighted by Gasteiger charge is -2.24. The minimum absolute atomic E-state index is 0.00588. The van der Waals surface area contributed by atoms with Crippen LogP contribution in [0.3, 0.4) is 0 Å². The SMILES string of the molecule is COc1ccc2c(c1)c(C=C1Oc3c(ccc4c3C(c3ccc(-c5ccc(C(=O)O)cc5)o3)CC(=O)O4)C1=O)cn2C. The Morgan fingerprint density at radius 1 is 1.02 bits per heavy atom. The van der Waals surface area contributed by atoms with Crippen LogP contribution >= 0.6 is 0 Å². The summed E-state index contributed by atoms with van der Waals surface area (Å²) in [5, 5.41) is 10.1. The lowest BCUT2D eigenvalue weighted by molar-refractivity contribution is -0.135. The summed E-state index contributed by atoms with van der Waals surface area (Å²) in [4.78, 5) is 37.3. The van der Waals surface area contributed by atoms with Crippen LogP contribution in [0.2, 0.25) is 0 Å². The first kappa shape index (κ1) is 25.4. The van der Waals surface area contributed by atoms with Gasteiger partial charge in [-0.3, -0.25) is 9.59 Å². The van der Waals surface area contributed by atoms with E-state index in [1.807, 2.05) is 36.0 Å². The van der Waals surface area contributed by atoms with Crippen molar-refractivity contribution in [2.24, 2.45) is 7.05 Å². The number of fused-ring (bicyclic) bond motifs is 4. The Morgan fingerprint density at radius 2 is 1.83 bits per heavy atom.